The number of nitrogens with zero attached hydrogens (tertiary/aromatic N) is 3. The van der Waals surface area contributed by atoms with Crippen LogP contribution < -0.4 is 0 Å². The van der Waals surface area contributed by atoms with Crippen LogP contribution in [0.3, 0.4) is 0 Å². The summed E-state index contributed by atoms with van der Waals surface area (Å²) in [5.74, 6) is -0.957. The largest absolute Gasteiger partial charge is 0.477 e. The molecule has 1 aromatic carbocycles. The summed E-state index contributed by atoms with van der Waals surface area (Å²) in [5.41, 5.74) is 1.11. The lowest BCUT2D eigenvalue weighted by Gasteiger charge is -2.05. The normalized spacial score (nSPS) is 11.2. The van der Waals surface area contributed by atoms with Crippen molar-refractivity contribution < 1.29 is 9.90 Å². The molecule has 0 radical (unpaired) electrons. The molecule has 120 valence electrons. The predicted octanol–water partition coefficient (Wildman–Crippen LogP) is 4.62. The minimum atomic E-state index is -0.957. The van der Waals surface area contributed by atoms with Gasteiger partial charge >= 0.3 is 5.97 Å². The first-order chi connectivity index (χ1) is 11.6. The lowest BCUT2D eigenvalue weighted by Crippen LogP contribution is -2.09. The third kappa shape index (κ3) is 2.71. The summed E-state index contributed by atoms with van der Waals surface area (Å²) in [5, 5.41) is 20.3. The summed E-state index contributed by atoms with van der Waals surface area (Å²) in [7, 11) is 0. The van der Waals surface area contributed by atoms with E-state index in [0.29, 0.717) is 10.9 Å². The summed E-state index contributed by atoms with van der Waals surface area (Å²) in [6, 6.07) is 13.0. The van der Waals surface area contributed by atoms with Gasteiger partial charge in [-0.25, -0.2) is 4.79 Å². The number of benzene rings is 1. The maximum atomic E-state index is 11.5. The molecule has 0 amide bonds. The maximum Gasteiger partial charge on any atom is 0.352 e. The molecule has 4 aromatic rings. The Morgan fingerprint density at radius 3 is 2.75 bits per heavy atom. The van der Waals surface area contributed by atoms with Crippen LogP contribution >= 0.6 is 34.3 Å². The van der Waals surface area contributed by atoms with Crippen LogP contribution in [-0.2, 0) is 6.54 Å². The minimum Gasteiger partial charge on any atom is -0.477 e. The van der Waals surface area contributed by atoms with Crippen molar-refractivity contribution in [2.24, 2.45) is 0 Å². The highest BCUT2D eigenvalue weighted by Crippen LogP contribution is 2.33. The van der Waals surface area contributed by atoms with Crippen LogP contribution in [0.4, 0.5) is 0 Å². The Hall–Kier alpha value is -2.22. The quantitative estimate of drug-likeness (QED) is 0.565. The van der Waals surface area contributed by atoms with Crippen molar-refractivity contribution in [1.29, 1.82) is 0 Å². The molecule has 0 aliphatic rings. The monoisotopic (exact) mass is 375 g/mol. The first kappa shape index (κ1) is 15.3. The number of para-hydroxylation sites is 1. The van der Waals surface area contributed by atoms with Crippen molar-refractivity contribution in [3.63, 3.8) is 0 Å². The van der Waals surface area contributed by atoms with E-state index in [4.69, 9.17) is 11.6 Å². The van der Waals surface area contributed by atoms with E-state index in [-0.39, 0.29) is 5.69 Å². The topological polar surface area (TPSA) is 68.0 Å². The Labute approximate surface area is 149 Å². The van der Waals surface area contributed by atoms with Gasteiger partial charge in [0.2, 0.25) is 0 Å². The molecule has 8 heteroatoms. The van der Waals surface area contributed by atoms with Gasteiger partial charge in [0.05, 0.1) is 15.8 Å². The number of carboxylic acid groups (broad SMARTS) is 1. The average Bonchev–Trinajstić information content (AvgIpc) is 3.27. The number of hydrogen-bond donors (Lipinski definition) is 1. The Kier molecular flexibility index (Phi) is 3.84. The molecule has 24 heavy (non-hydrogen) atoms. The molecule has 1 N–H and O–H groups in total. The number of fused-ring (bicyclic) bond motifs is 1. The highest BCUT2D eigenvalue weighted by molar-refractivity contribution is 7.23. The van der Waals surface area contributed by atoms with E-state index in [1.807, 2.05) is 36.4 Å². The van der Waals surface area contributed by atoms with Crippen LogP contribution in [0.2, 0.25) is 4.34 Å². The summed E-state index contributed by atoms with van der Waals surface area (Å²) in [6.45, 7) is 0.367. The highest BCUT2D eigenvalue weighted by Gasteiger charge is 2.17. The van der Waals surface area contributed by atoms with E-state index in [0.717, 1.165) is 25.8 Å². The molecule has 0 bridgehead atoms. The fourth-order valence-corrected chi connectivity index (χ4v) is 4.46. The molecule has 0 aliphatic heterocycles. The molecule has 3 heterocycles. The van der Waals surface area contributed by atoms with Crippen LogP contribution in [0.5, 0.6) is 0 Å². The van der Waals surface area contributed by atoms with Crippen molar-refractivity contribution >= 4 is 51.1 Å². The van der Waals surface area contributed by atoms with Crippen LogP contribution in [0.25, 0.3) is 20.8 Å². The summed E-state index contributed by atoms with van der Waals surface area (Å²) >= 11 is 8.85. The Morgan fingerprint density at radius 2 is 2.00 bits per heavy atom. The smallest absolute Gasteiger partial charge is 0.352 e. The molecule has 0 atom stereocenters. The van der Waals surface area contributed by atoms with E-state index in [1.54, 1.807) is 10.6 Å². The molecule has 5 nitrogen and oxygen atoms in total. The first-order valence-corrected chi connectivity index (χ1v) is 9.02. The van der Waals surface area contributed by atoms with Crippen molar-refractivity contribution in [3.05, 3.63) is 57.5 Å². The second-order valence-electron chi connectivity index (χ2n) is 5.08. The van der Waals surface area contributed by atoms with Crippen molar-refractivity contribution in [3.8, 4) is 9.88 Å². The van der Waals surface area contributed by atoms with Gasteiger partial charge in [0.15, 0.2) is 5.01 Å². The second-order valence-corrected chi connectivity index (χ2v) is 7.86. The molecule has 0 unspecified atom stereocenters. The fourth-order valence-electron chi connectivity index (χ4n) is 2.54. The summed E-state index contributed by atoms with van der Waals surface area (Å²) in [6.07, 6.45) is 0. The summed E-state index contributed by atoms with van der Waals surface area (Å²) in [4.78, 5) is 12.5. The van der Waals surface area contributed by atoms with E-state index >= 15 is 0 Å². The Morgan fingerprint density at radius 1 is 1.17 bits per heavy atom. The number of hydrogen-bond acceptors (Lipinski definition) is 5. The average molecular weight is 376 g/mol. The van der Waals surface area contributed by atoms with Crippen LogP contribution in [0, 0.1) is 0 Å². The third-order valence-electron chi connectivity index (χ3n) is 3.57. The molecule has 0 spiro atoms. The number of aromatic nitrogens is 3. The van der Waals surface area contributed by atoms with Gasteiger partial charge in [0, 0.05) is 10.9 Å². The van der Waals surface area contributed by atoms with Crippen LogP contribution in [0.1, 0.15) is 15.5 Å². The van der Waals surface area contributed by atoms with Crippen LogP contribution in [0.15, 0.2) is 42.5 Å². The Bertz CT molecular complexity index is 1050. The number of carbonyl (C=O) groups is 1. The molecule has 0 saturated heterocycles. The number of carboxylic acids is 1. The third-order valence-corrected chi connectivity index (χ3v) is 5.88. The molecule has 0 saturated carbocycles. The van der Waals surface area contributed by atoms with Gasteiger partial charge in [-0.1, -0.05) is 41.1 Å². The SMILES string of the molecule is O=C(O)c1cc2ccccc2n1Cc1nnc(-c2ccc(Cl)s2)s1. The molecule has 0 fully saturated rings. The minimum absolute atomic E-state index is 0.243. The van der Waals surface area contributed by atoms with Gasteiger partial charge < -0.3 is 9.67 Å². The maximum absolute atomic E-state index is 11.5. The van der Waals surface area contributed by atoms with Gasteiger partial charge in [-0.2, -0.15) is 0 Å². The molecule has 0 aliphatic carbocycles. The Balaban J connectivity index is 1.73. The number of rotatable bonds is 4. The van der Waals surface area contributed by atoms with Crippen molar-refractivity contribution in [2.75, 3.05) is 0 Å². The fraction of sp³-hybridized carbons (Fsp3) is 0.0625. The van der Waals surface area contributed by atoms with E-state index in [9.17, 15) is 9.90 Å². The van der Waals surface area contributed by atoms with Crippen molar-refractivity contribution in [1.82, 2.24) is 14.8 Å². The number of halogens is 1. The second kappa shape index (κ2) is 6.01. The van der Waals surface area contributed by atoms with E-state index in [2.05, 4.69) is 10.2 Å². The number of thiophene rings is 1. The highest BCUT2D eigenvalue weighted by atomic mass is 35.5. The van der Waals surface area contributed by atoms with Gasteiger partial charge in [-0.05, 0) is 24.3 Å². The summed E-state index contributed by atoms with van der Waals surface area (Å²) < 4.78 is 2.45. The van der Waals surface area contributed by atoms with Gasteiger partial charge in [0.25, 0.3) is 0 Å². The zero-order chi connectivity index (χ0) is 16.7. The number of aromatic carboxylic acids is 1. The van der Waals surface area contributed by atoms with E-state index in [1.165, 1.54) is 22.7 Å². The van der Waals surface area contributed by atoms with Crippen molar-refractivity contribution in [2.45, 2.75) is 6.54 Å². The molecular formula is C16H10ClN3O2S2. The molecule has 4 rings (SSSR count). The van der Waals surface area contributed by atoms with Gasteiger partial charge in [0.1, 0.15) is 10.7 Å². The predicted molar refractivity (Wildman–Crippen MR) is 96.2 cm³/mol. The zero-order valence-corrected chi connectivity index (χ0v) is 14.5. The first-order valence-electron chi connectivity index (χ1n) is 7.01. The lowest BCUT2D eigenvalue weighted by molar-refractivity contribution is 0.0686. The van der Waals surface area contributed by atoms with Gasteiger partial charge in [-0.15, -0.1) is 21.5 Å². The standard InChI is InChI=1S/C16H10ClN3O2S2/c17-13-6-5-12(23-13)15-19-18-14(24-15)8-20-10-4-2-1-3-9(10)7-11(20)16(21)22/h1-7H,8H2,(H,21,22). The zero-order valence-electron chi connectivity index (χ0n) is 12.1. The molecule has 3 aromatic heterocycles. The van der Waals surface area contributed by atoms with Crippen LogP contribution in [-0.4, -0.2) is 25.8 Å². The lowest BCUT2D eigenvalue weighted by atomic mass is 10.2. The molecular weight excluding hydrogens is 366 g/mol. The van der Waals surface area contributed by atoms with E-state index < -0.39 is 5.97 Å². The van der Waals surface area contributed by atoms with Gasteiger partial charge in [-0.3, -0.25) is 0 Å².